The Morgan fingerprint density at radius 2 is 2.15 bits per heavy atom. The lowest BCUT2D eigenvalue weighted by Crippen LogP contribution is -1.76. The van der Waals surface area contributed by atoms with Gasteiger partial charge >= 0.3 is 0 Å². The monoisotopic (exact) mass is 175 g/mol. The Morgan fingerprint density at radius 1 is 1.38 bits per heavy atom. The highest BCUT2D eigenvalue weighted by Crippen LogP contribution is 2.15. The summed E-state index contributed by atoms with van der Waals surface area (Å²) in [6.07, 6.45) is 5.17. The van der Waals surface area contributed by atoms with Gasteiger partial charge in [0.1, 0.15) is 5.76 Å². The topological polar surface area (TPSA) is 25.5 Å². The molecule has 1 aliphatic rings. The van der Waals surface area contributed by atoms with Crippen LogP contribution in [0.2, 0.25) is 0 Å². The molecule has 2 heterocycles. The van der Waals surface area contributed by atoms with Crippen molar-refractivity contribution in [1.29, 1.82) is 0 Å². The van der Waals surface area contributed by atoms with Gasteiger partial charge in [-0.15, -0.1) is 5.73 Å². The zero-order valence-electron chi connectivity index (χ0n) is 8.16. The normalized spacial score (nSPS) is 11.6. The van der Waals surface area contributed by atoms with Crippen LogP contribution in [0.5, 0.6) is 0 Å². The summed E-state index contributed by atoms with van der Waals surface area (Å²) in [6, 6.07) is 1.97. The molecular formula is C11H13NO. The molecule has 68 valence electrons. The summed E-state index contributed by atoms with van der Waals surface area (Å²) < 4.78 is 5.35. The first kappa shape index (κ1) is 9.56. The van der Waals surface area contributed by atoms with Gasteiger partial charge in [-0.2, -0.15) is 0 Å². The average Bonchev–Trinajstić information content (AvgIpc) is 2.36. The minimum Gasteiger partial charge on any atom is -0.460 e. The smallest absolute Gasteiger partial charge is 0.153 e. The number of rotatable bonds is 0. The molecule has 2 nitrogen and oxygen atoms in total. The van der Waals surface area contributed by atoms with Crippen molar-refractivity contribution in [3.8, 4) is 0 Å². The predicted molar refractivity (Wildman–Crippen MR) is 54.9 cm³/mol. The van der Waals surface area contributed by atoms with Gasteiger partial charge in [0, 0.05) is 5.56 Å². The minimum absolute atomic E-state index is 0.809. The second-order valence-corrected chi connectivity index (χ2v) is 2.39. The van der Waals surface area contributed by atoms with E-state index in [2.05, 4.69) is 10.7 Å². The first-order valence-electron chi connectivity index (χ1n) is 4.41. The Kier molecular flexibility index (Phi) is 3.30. The Morgan fingerprint density at radius 3 is 2.92 bits per heavy atom. The highest BCUT2D eigenvalue weighted by molar-refractivity contribution is 5.83. The highest BCUT2D eigenvalue weighted by atomic mass is 16.3. The van der Waals surface area contributed by atoms with Crippen molar-refractivity contribution in [2.45, 2.75) is 20.8 Å². The van der Waals surface area contributed by atoms with Crippen LogP contribution in [0.4, 0.5) is 0 Å². The summed E-state index contributed by atoms with van der Waals surface area (Å²) in [6.45, 7) is 5.92. The molecule has 1 aliphatic heterocycles. The van der Waals surface area contributed by atoms with Crippen LogP contribution in [0.25, 0.3) is 6.08 Å². The Labute approximate surface area is 78.3 Å². The van der Waals surface area contributed by atoms with Gasteiger partial charge in [-0.1, -0.05) is 13.8 Å². The van der Waals surface area contributed by atoms with Gasteiger partial charge in [-0.25, -0.2) is 0 Å². The van der Waals surface area contributed by atoms with E-state index < -0.39 is 0 Å². The van der Waals surface area contributed by atoms with Crippen LogP contribution in [0.15, 0.2) is 27.4 Å². The SMILES string of the molecule is CC.Cc1cc2c(o1)C=NC=C=C2. The van der Waals surface area contributed by atoms with Crippen molar-refractivity contribution in [2.24, 2.45) is 4.99 Å². The maximum atomic E-state index is 5.35. The van der Waals surface area contributed by atoms with Crippen LogP contribution in [-0.4, -0.2) is 6.21 Å². The van der Waals surface area contributed by atoms with Gasteiger partial charge in [0.25, 0.3) is 0 Å². The summed E-state index contributed by atoms with van der Waals surface area (Å²) in [5.74, 6) is 1.71. The van der Waals surface area contributed by atoms with Gasteiger partial charge in [0.15, 0.2) is 5.76 Å². The van der Waals surface area contributed by atoms with Crippen molar-refractivity contribution in [1.82, 2.24) is 0 Å². The summed E-state index contributed by atoms with van der Waals surface area (Å²) in [7, 11) is 0. The molecule has 0 amide bonds. The number of nitrogens with zero attached hydrogens (tertiary/aromatic N) is 1. The maximum Gasteiger partial charge on any atom is 0.153 e. The quantitative estimate of drug-likeness (QED) is 0.556. The Balaban J connectivity index is 0.000000396. The number of fused-ring (bicyclic) bond motifs is 1. The van der Waals surface area contributed by atoms with Crippen molar-refractivity contribution < 1.29 is 4.42 Å². The van der Waals surface area contributed by atoms with E-state index in [1.54, 1.807) is 12.4 Å². The molecule has 0 spiro atoms. The second-order valence-electron chi connectivity index (χ2n) is 2.39. The third kappa shape index (κ3) is 2.20. The molecule has 0 unspecified atom stereocenters. The third-order valence-corrected chi connectivity index (χ3v) is 1.49. The van der Waals surface area contributed by atoms with E-state index in [1.165, 1.54) is 0 Å². The van der Waals surface area contributed by atoms with Crippen molar-refractivity contribution in [3.05, 3.63) is 35.1 Å². The van der Waals surface area contributed by atoms with Crippen molar-refractivity contribution >= 4 is 12.3 Å². The molecule has 0 fully saturated rings. The van der Waals surface area contributed by atoms with Crippen molar-refractivity contribution in [2.75, 3.05) is 0 Å². The molecule has 2 rings (SSSR count). The zero-order valence-corrected chi connectivity index (χ0v) is 8.16. The first-order chi connectivity index (χ1) is 6.36. The number of hydrogen-bond donors (Lipinski definition) is 0. The Hall–Kier alpha value is -1.53. The van der Waals surface area contributed by atoms with E-state index in [4.69, 9.17) is 4.42 Å². The van der Waals surface area contributed by atoms with Gasteiger partial charge in [0.05, 0.1) is 12.4 Å². The summed E-state index contributed by atoms with van der Waals surface area (Å²) in [5.41, 5.74) is 3.95. The summed E-state index contributed by atoms with van der Waals surface area (Å²) >= 11 is 0. The average molecular weight is 175 g/mol. The lowest BCUT2D eigenvalue weighted by Gasteiger charge is -1.83. The number of hydrogen-bond acceptors (Lipinski definition) is 2. The van der Waals surface area contributed by atoms with Crippen LogP contribution in [-0.2, 0) is 0 Å². The maximum absolute atomic E-state index is 5.35. The van der Waals surface area contributed by atoms with Crippen LogP contribution < -0.4 is 0 Å². The number of aliphatic imine (C=N–C) groups is 1. The summed E-state index contributed by atoms with van der Waals surface area (Å²) in [4.78, 5) is 3.94. The fourth-order valence-electron chi connectivity index (χ4n) is 1.04. The fourth-order valence-corrected chi connectivity index (χ4v) is 1.04. The van der Waals surface area contributed by atoms with E-state index in [0.717, 1.165) is 17.1 Å². The van der Waals surface area contributed by atoms with Crippen LogP contribution in [0.1, 0.15) is 30.9 Å². The van der Waals surface area contributed by atoms with Crippen LogP contribution in [0.3, 0.4) is 0 Å². The molecule has 13 heavy (non-hydrogen) atoms. The van der Waals surface area contributed by atoms with Crippen LogP contribution >= 0.6 is 0 Å². The molecule has 1 aromatic heterocycles. The fraction of sp³-hybridized carbons (Fsp3) is 0.273. The molecule has 0 bridgehead atoms. The van der Waals surface area contributed by atoms with Gasteiger partial charge < -0.3 is 4.42 Å². The molecular weight excluding hydrogens is 162 g/mol. The number of aryl methyl sites for hydroxylation is 1. The minimum atomic E-state index is 0.809. The second kappa shape index (κ2) is 4.48. The van der Waals surface area contributed by atoms with E-state index in [9.17, 15) is 0 Å². The highest BCUT2D eigenvalue weighted by Gasteiger charge is 2.03. The molecule has 2 heteroatoms. The van der Waals surface area contributed by atoms with Crippen molar-refractivity contribution in [3.63, 3.8) is 0 Å². The molecule has 0 saturated carbocycles. The Bertz CT molecular complexity index is 365. The standard InChI is InChI=1S/C9H7NO.C2H6/c1-7-5-8-3-2-4-10-6-9(8)11-7;1-2/h3-6H,1H3;1-2H3. The van der Waals surface area contributed by atoms with E-state index in [-0.39, 0.29) is 0 Å². The molecule has 0 atom stereocenters. The van der Waals surface area contributed by atoms with E-state index in [0.29, 0.717) is 0 Å². The lowest BCUT2D eigenvalue weighted by atomic mass is 10.2. The first-order valence-corrected chi connectivity index (χ1v) is 4.41. The molecule has 1 aromatic rings. The van der Waals surface area contributed by atoms with Gasteiger partial charge in [-0.3, -0.25) is 4.99 Å². The van der Waals surface area contributed by atoms with E-state index in [1.807, 2.05) is 32.9 Å². The molecule has 0 aromatic carbocycles. The molecule has 0 N–H and O–H groups in total. The van der Waals surface area contributed by atoms with Gasteiger partial charge in [0.2, 0.25) is 0 Å². The van der Waals surface area contributed by atoms with E-state index >= 15 is 0 Å². The largest absolute Gasteiger partial charge is 0.460 e. The summed E-state index contributed by atoms with van der Waals surface area (Å²) in [5, 5.41) is 0. The van der Waals surface area contributed by atoms with Crippen LogP contribution in [0, 0.1) is 6.92 Å². The number of furan rings is 1. The molecule has 0 aliphatic carbocycles. The van der Waals surface area contributed by atoms with Gasteiger partial charge in [-0.05, 0) is 19.1 Å². The third-order valence-electron chi connectivity index (χ3n) is 1.49. The predicted octanol–water partition coefficient (Wildman–Crippen LogP) is 3.17. The lowest BCUT2D eigenvalue weighted by molar-refractivity contribution is 0.527. The molecule has 0 radical (unpaired) electrons. The molecule has 0 saturated heterocycles. The zero-order chi connectivity index (χ0) is 9.68.